The second-order valence-corrected chi connectivity index (χ2v) is 13.8. The van der Waals surface area contributed by atoms with Gasteiger partial charge in [-0.25, -0.2) is 0 Å². The maximum Gasteiger partial charge on any atom is 0.312 e. The summed E-state index contributed by atoms with van der Waals surface area (Å²) in [6, 6.07) is 16.0. The van der Waals surface area contributed by atoms with Crippen LogP contribution in [0.4, 0.5) is 11.4 Å². The summed E-state index contributed by atoms with van der Waals surface area (Å²) >= 11 is 0. The summed E-state index contributed by atoms with van der Waals surface area (Å²) in [7, 11) is 0. The number of rotatable bonds is 14. The Hall–Kier alpha value is -4.46. The Morgan fingerprint density at radius 1 is 0.833 bits per heavy atom. The number of benzene rings is 2. The van der Waals surface area contributed by atoms with Crippen LogP contribution < -0.4 is 10.0 Å². The van der Waals surface area contributed by atoms with E-state index in [9.17, 15) is 19.5 Å². The first-order chi connectivity index (χ1) is 22.9. The molecule has 0 atom stereocenters. The maximum absolute atomic E-state index is 13.8. The standard InChI is InChI=1S/C40H48N2O6/c1-7-9-23-47-35(43)19-21-41-31-17-13-11-15-29(31)39(3,4)33(41)25-27-37(45)28(38(27)46)26-34-40(5,6)30-16-12-14-18-32(30)42(34)22-20-36(44)48-24-10-8-2/h11-18,25-26H,7-10,19-24H2,1-6H3. The molecule has 2 aromatic carbocycles. The van der Waals surface area contributed by atoms with Crippen LogP contribution in [0.1, 0.15) is 91.2 Å². The van der Waals surface area contributed by atoms with Gasteiger partial charge in [0.2, 0.25) is 5.69 Å². The van der Waals surface area contributed by atoms with Crippen molar-refractivity contribution in [3.8, 4) is 0 Å². The molecule has 0 spiro atoms. The number of ketones is 1. The number of Topliss-reactive ketones (excluding diaryl/α,β-unsaturated/α-hetero) is 1. The number of hydrogen-bond acceptors (Lipinski definition) is 7. The highest BCUT2D eigenvalue weighted by molar-refractivity contribution is 6.24. The molecule has 48 heavy (non-hydrogen) atoms. The number of allylic oxidation sites excluding steroid dienone is 5. The molecule has 8 heteroatoms. The lowest BCUT2D eigenvalue weighted by Gasteiger charge is -2.33. The minimum absolute atomic E-state index is 0.132. The molecule has 3 aliphatic rings. The van der Waals surface area contributed by atoms with Gasteiger partial charge in [0, 0.05) is 52.2 Å². The fraction of sp³-hybridized carbons (Fsp3) is 0.450. The number of anilines is 1. The van der Waals surface area contributed by atoms with Crippen molar-refractivity contribution >= 4 is 34.8 Å². The van der Waals surface area contributed by atoms with E-state index in [1.54, 1.807) is 12.2 Å². The zero-order valence-electron chi connectivity index (χ0n) is 29.2. The van der Waals surface area contributed by atoms with Gasteiger partial charge in [0.05, 0.1) is 25.0 Å². The number of carbonyl (C=O) groups is 3. The monoisotopic (exact) mass is 652 g/mol. The lowest BCUT2D eigenvalue weighted by Crippen LogP contribution is -2.35. The van der Waals surface area contributed by atoms with Crippen LogP contribution in [-0.2, 0) is 34.7 Å². The molecule has 0 radical (unpaired) electrons. The normalized spacial score (nSPS) is 19.1. The van der Waals surface area contributed by atoms with Crippen molar-refractivity contribution in [3.05, 3.63) is 94.4 Å². The van der Waals surface area contributed by atoms with Crippen molar-refractivity contribution < 1.29 is 33.5 Å². The summed E-state index contributed by atoms with van der Waals surface area (Å²) in [5.74, 6) is -1.16. The number of nitrogens with zero attached hydrogens (tertiary/aromatic N) is 2. The smallest absolute Gasteiger partial charge is 0.312 e. The highest BCUT2D eigenvalue weighted by Crippen LogP contribution is 2.49. The van der Waals surface area contributed by atoms with Crippen LogP contribution in [0.5, 0.6) is 0 Å². The molecule has 0 aromatic heterocycles. The Bertz CT molecular complexity index is 1720. The fourth-order valence-corrected chi connectivity index (χ4v) is 6.86. The maximum atomic E-state index is 13.8. The molecule has 0 saturated heterocycles. The molecule has 5 rings (SSSR count). The number of hydrogen-bond donors (Lipinski definition) is 0. The Morgan fingerprint density at radius 3 is 2.08 bits per heavy atom. The molecule has 0 fully saturated rings. The molecule has 2 aromatic rings. The van der Waals surface area contributed by atoms with E-state index < -0.39 is 10.8 Å². The number of fused-ring (bicyclic) bond motifs is 2. The van der Waals surface area contributed by atoms with Crippen LogP contribution in [-0.4, -0.2) is 54.3 Å². The molecule has 0 unspecified atom stereocenters. The van der Waals surface area contributed by atoms with Gasteiger partial charge in [-0.1, -0.05) is 82.7 Å². The van der Waals surface area contributed by atoms with Crippen molar-refractivity contribution in [1.82, 2.24) is 0 Å². The number of para-hydroxylation sites is 2. The summed E-state index contributed by atoms with van der Waals surface area (Å²) in [5, 5.41) is 13.8. The highest BCUT2D eigenvalue weighted by Gasteiger charge is 2.46. The summed E-state index contributed by atoms with van der Waals surface area (Å²) in [4.78, 5) is 40.9. The van der Waals surface area contributed by atoms with Crippen molar-refractivity contribution in [1.29, 1.82) is 0 Å². The van der Waals surface area contributed by atoms with E-state index in [1.807, 2.05) is 71.9 Å². The summed E-state index contributed by atoms with van der Waals surface area (Å²) in [5.41, 5.74) is 4.90. The van der Waals surface area contributed by atoms with Gasteiger partial charge in [-0.15, -0.1) is 0 Å². The molecule has 8 nitrogen and oxygen atoms in total. The predicted molar refractivity (Wildman–Crippen MR) is 185 cm³/mol. The summed E-state index contributed by atoms with van der Waals surface area (Å²) in [6.45, 7) is 13.9. The van der Waals surface area contributed by atoms with Gasteiger partial charge >= 0.3 is 11.9 Å². The number of esters is 2. The van der Waals surface area contributed by atoms with Gasteiger partial charge < -0.3 is 19.5 Å². The largest absolute Gasteiger partial charge is 0.871 e. The molecular weight excluding hydrogens is 604 g/mol. The Morgan fingerprint density at radius 2 is 1.44 bits per heavy atom. The van der Waals surface area contributed by atoms with Gasteiger partial charge in [-0.2, -0.15) is 4.58 Å². The molecule has 0 N–H and O–H groups in total. The van der Waals surface area contributed by atoms with E-state index in [2.05, 4.69) is 27.7 Å². The molecule has 0 amide bonds. The van der Waals surface area contributed by atoms with Crippen LogP contribution in [0.2, 0.25) is 0 Å². The van der Waals surface area contributed by atoms with Crippen LogP contribution in [0.3, 0.4) is 0 Å². The predicted octanol–water partition coefficient (Wildman–Crippen LogP) is 6.33. The Kier molecular flexibility index (Phi) is 10.4. The van der Waals surface area contributed by atoms with Gasteiger partial charge in [0.15, 0.2) is 18.0 Å². The number of ether oxygens (including phenoxy) is 2. The van der Waals surface area contributed by atoms with Crippen LogP contribution in [0.25, 0.3) is 0 Å². The average Bonchev–Trinajstić information content (AvgIpc) is 3.42. The highest BCUT2D eigenvalue weighted by atomic mass is 16.5. The molecule has 2 aliphatic heterocycles. The Balaban J connectivity index is 1.47. The second-order valence-electron chi connectivity index (χ2n) is 13.8. The van der Waals surface area contributed by atoms with E-state index >= 15 is 0 Å². The lowest BCUT2D eigenvalue weighted by atomic mass is 9.77. The van der Waals surface area contributed by atoms with Gasteiger partial charge in [0.1, 0.15) is 6.42 Å². The average molecular weight is 653 g/mol. The van der Waals surface area contributed by atoms with Gasteiger partial charge in [0.25, 0.3) is 0 Å². The van der Waals surface area contributed by atoms with Crippen molar-refractivity contribution in [2.75, 3.05) is 31.2 Å². The molecule has 0 saturated carbocycles. The Labute approximate surface area is 284 Å². The molecule has 1 aliphatic carbocycles. The van der Waals surface area contributed by atoms with E-state index in [-0.39, 0.29) is 47.5 Å². The van der Waals surface area contributed by atoms with E-state index in [4.69, 9.17) is 9.47 Å². The number of carbonyl (C=O) groups excluding carboxylic acids is 3. The van der Waals surface area contributed by atoms with E-state index in [1.165, 1.54) is 0 Å². The molecule has 254 valence electrons. The topological polar surface area (TPSA) is 99.0 Å². The third-order valence-corrected chi connectivity index (χ3v) is 9.74. The van der Waals surface area contributed by atoms with Gasteiger partial charge in [-0.05, 0) is 44.4 Å². The lowest BCUT2D eigenvalue weighted by molar-refractivity contribution is -0.436. The molecule has 0 bridgehead atoms. The van der Waals surface area contributed by atoms with Crippen LogP contribution in [0, 0.1) is 0 Å². The third-order valence-electron chi connectivity index (χ3n) is 9.74. The zero-order chi connectivity index (χ0) is 34.6. The van der Waals surface area contributed by atoms with Crippen molar-refractivity contribution in [3.63, 3.8) is 0 Å². The quantitative estimate of drug-likeness (QED) is 0.102. The van der Waals surface area contributed by atoms with E-state index in [0.717, 1.165) is 59.6 Å². The first-order valence-corrected chi connectivity index (χ1v) is 17.3. The SMILES string of the molecule is CCCCOC(=O)CCN1/C(=C/C2=C([O-])C(=C/C3=[N+](CCC(=O)OCCCC)c4ccccc4C3(C)C)/C2=O)C(C)(C)c2ccccc21. The van der Waals surface area contributed by atoms with Crippen molar-refractivity contribution in [2.45, 2.75) is 90.9 Å². The van der Waals surface area contributed by atoms with Crippen molar-refractivity contribution in [2.24, 2.45) is 0 Å². The second kappa shape index (κ2) is 14.3. The number of unbranched alkanes of at least 4 members (excludes halogenated alkanes) is 2. The van der Waals surface area contributed by atoms with Gasteiger partial charge in [-0.3, -0.25) is 14.4 Å². The zero-order valence-corrected chi connectivity index (χ0v) is 29.2. The summed E-state index contributed by atoms with van der Waals surface area (Å²) < 4.78 is 12.9. The minimum Gasteiger partial charge on any atom is -0.871 e. The van der Waals surface area contributed by atoms with Crippen LogP contribution >= 0.6 is 0 Å². The molecule has 2 heterocycles. The van der Waals surface area contributed by atoms with E-state index in [0.29, 0.717) is 26.3 Å². The first kappa shape index (κ1) is 34.9. The first-order valence-electron chi connectivity index (χ1n) is 17.3. The van der Waals surface area contributed by atoms with Crippen LogP contribution in [0.15, 0.2) is 83.3 Å². The fourth-order valence-electron chi connectivity index (χ4n) is 6.86. The molecular formula is C40H48N2O6. The third kappa shape index (κ3) is 6.62. The minimum atomic E-state index is -0.498. The summed E-state index contributed by atoms with van der Waals surface area (Å²) in [6.07, 6.45) is 7.33.